The van der Waals surface area contributed by atoms with Crippen LogP contribution >= 0.6 is 0 Å². The van der Waals surface area contributed by atoms with Gasteiger partial charge in [0, 0.05) is 19.6 Å². The molecule has 0 bridgehead atoms. The number of hydrogen-bond acceptors (Lipinski definition) is 4. The van der Waals surface area contributed by atoms with Gasteiger partial charge in [0.15, 0.2) is 9.84 Å². The standard InChI is InChI=1S/C8H13NO3S/c10-6-2-1-3-9-4-7-13(11,12)8-5-9/h1-2,6H,3-5,7-8H2/b2-1+. The second kappa shape index (κ2) is 4.53. The van der Waals surface area contributed by atoms with Crippen LogP contribution in [0.1, 0.15) is 0 Å². The van der Waals surface area contributed by atoms with Crippen molar-refractivity contribution in [3.05, 3.63) is 12.2 Å². The first-order valence-electron chi connectivity index (χ1n) is 4.17. The maximum atomic E-state index is 11.0. The van der Waals surface area contributed by atoms with Gasteiger partial charge in [0.2, 0.25) is 0 Å². The fourth-order valence-corrected chi connectivity index (χ4v) is 2.48. The van der Waals surface area contributed by atoms with E-state index in [1.165, 1.54) is 6.08 Å². The number of rotatable bonds is 3. The molecule has 1 saturated heterocycles. The van der Waals surface area contributed by atoms with Gasteiger partial charge in [-0.05, 0) is 6.08 Å². The molecular formula is C8H13NO3S. The molecule has 4 nitrogen and oxygen atoms in total. The Hall–Kier alpha value is -0.680. The van der Waals surface area contributed by atoms with Gasteiger partial charge in [0.05, 0.1) is 11.5 Å². The summed E-state index contributed by atoms with van der Waals surface area (Å²) in [6.07, 6.45) is 3.90. The van der Waals surface area contributed by atoms with Crippen LogP contribution in [-0.2, 0) is 14.6 Å². The molecule has 1 rings (SSSR count). The predicted octanol–water partition coefficient (Wildman–Crippen LogP) is -0.528. The van der Waals surface area contributed by atoms with Gasteiger partial charge >= 0.3 is 0 Å². The summed E-state index contributed by atoms with van der Waals surface area (Å²) in [6, 6.07) is 0. The van der Waals surface area contributed by atoms with Crippen molar-refractivity contribution in [2.45, 2.75) is 0 Å². The fraction of sp³-hybridized carbons (Fsp3) is 0.625. The van der Waals surface area contributed by atoms with Crippen LogP contribution in [0.2, 0.25) is 0 Å². The quantitative estimate of drug-likeness (QED) is 0.457. The molecule has 13 heavy (non-hydrogen) atoms. The van der Waals surface area contributed by atoms with E-state index in [4.69, 9.17) is 0 Å². The van der Waals surface area contributed by atoms with Gasteiger partial charge in [-0.3, -0.25) is 9.69 Å². The van der Waals surface area contributed by atoms with Crippen molar-refractivity contribution < 1.29 is 13.2 Å². The van der Waals surface area contributed by atoms with Gasteiger partial charge in [0.25, 0.3) is 0 Å². The number of nitrogens with zero attached hydrogens (tertiary/aromatic N) is 1. The predicted molar refractivity (Wildman–Crippen MR) is 50.3 cm³/mol. The molecule has 0 aromatic carbocycles. The Balaban J connectivity index is 2.33. The van der Waals surface area contributed by atoms with E-state index in [2.05, 4.69) is 0 Å². The van der Waals surface area contributed by atoms with Gasteiger partial charge < -0.3 is 0 Å². The molecule has 0 saturated carbocycles. The van der Waals surface area contributed by atoms with Crippen molar-refractivity contribution in [2.24, 2.45) is 0 Å². The Morgan fingerprint density at radius 3 is 2.38 bits per heavy atom. The van der Waals surface area contributed by atoms with Crippen molar-refractivity contribution in [3.8, 4) is 0 Å². The minimum atomic E-state index is -2.78. The second-order valence-corrected chi connectivity index (χ2v) is 5.32. The molecule has 0 spiro atoms. The molecular weight excluding hydrogens is 190 g/mol. The molecule has 0 N–H and O–H groups in total. The summed E-state index contributed by atoms with van der Waals surface area (Å²) in [6.45, 7) is 1.81. The third-order valence-electron chi connectivity index (χ3n) is 2.02. The lowest BCUT2D eigenvalue weighted by Gasteiger charge is -2.24. The summed E-state index contributed by atoms with van der Waals surface area (Å²) in [5, 5.41) is 0. The Bertz CT molecular complexity index is 281. The molecule has 1 aliphatic heterocycles. The number of carbonyl (C=O) groups is 1. The Morgan fingerprint density at radius 1 is 1.23 bits per heavy atom. The lowest BCUT2D eigenvalue weighted by Crippen LogP contribution is -2.40. The van der Waals surface area contributed by atoms with Crippen molar-refractivity contribution in [3.63, 3.8) is 0 Å². The normalized spacial score (nSPS) is 23.4. The topological polar surface area (TPSA) is 54.5 Å². The van der Waals surface area contributed by atoms with Crippen LogP contribution in [0.15, 0.2) is 12.2 Å². The van der Waals surface area contributed by atoms with Gasteiger partial charge in [-0.15, -0.1) is 0 Å². The zero-order valence-corrected chi connectivity index (χ0v) is 8.16. The lowest BCUT2D eigenvalue weighted by molar-refractivity contribution is -0.104. The van der Waals surface area contributed by atoms with Crippen LogP contribution in [0.25, 0.3) is 0 Å². The molecule has 0 aliphatic carbocycles. The summed E-state index contributed by atoms with van der Waals surface area (Å²) in [7, 11) is -2.78. The highest BCUT2D eigenvalue weighted by molar-refractivity contribution is 7.91. The van der Waals surface area contributed by atoms with Crippen LogP contribution in [0.4, 0.5) is 0 Å². The van der Waals surface area contributed by atoms with Crippen LogP contribution in [0.3, 0.4) is 0 Å². The lowest BCUT2D eigenvalue weighted by atomic mass is 10.4. The highest BCUT2D eigenvalue weighted by atomic mass is 32.2. The maximum absolute atomic E-state index is 11.0. The van der Waals surface area contributed by atoms with E-state index in [0.717, 1.165) is 6.29 Å². The zero-order valence-electron chi connectivity index (χ0n) is 7.35. The smallest absolute Gasteiger partial charge is 0.152 e. The average molecular weight is 203 g/mol. The summed E-state index contributed by atoms with van der Waals surface area (Å²) in [5.41, 5.74) is 0. The van der Waals surface area contributed by atoms with E-state index in [1.54, 1.807) is 6.08 Å². The SMILES string of the molecule is O=C/C=C/CN1CCS(=O)(=O)CC1. The van der Waals surface area contributed by atoms with Crippen molar-refractivity contribution in [1.82, 2.24) is 4.90 Å². The van der Waals surface area contributed by atoms with Crippen LogP contribution in [0, 0.1) is 0 Å². The third kappa shape index (κ3) is 3.69. The second-order valence-electron chi connectivity index (χ2n) is 3.02. The Labute approximate surface area is 78.1 Å². The van der Waals surface area contributed by atoms with Gasteiger partial charge in [-0.2, -0.15) is 0 Å². The molecule has 74 valence electrons. The molecule has 0 aromatic rings. The van der Waals surface area contributed by atoms with E-state index in [0.29, 0.717) is 19.6 Å². The van der Waals surface area contributed by atoms with Gasteiger partial charge in [-0.25, -0.2) is 8.42 Å². The highest BCUT2D eigenvalue weighted by Crippen LogP contribution is 2.02. The first kappa shape index (κ1) is 10.4. The minimum Gasteiger partial charge on any atom is -0.299 e. The fourth-order valence-electron chi connectivity index (χ4n) is 1.20. The van der Waals surface area contributed by atoms with E-state index >= 15 is 0 Å². The number of allylic oxidation sites excluding steroid dienone is 1. The minimum absolute atomic E-state index is 0.238. The van der Waals surface area contributed by atoms with Crippen LogP contribution in [0.5, 0.6) is 0 Å². The Morgan fingerprint density at radius 2 is 1.85 bits per heavy atom. The largest absolute Gasteiger partial charge is 0.299 e. The van der Waals surface area contributed by atoms with E-state index < -0.39 is 9.84 Å². The molecule has 0 atom stereocenters. The molecule has 1 fully saturated rings. The molecule has 1 aliphatic rings. The van der Waals surface area contributed by atoms with E-state index in [9.17, 15) is 13.2 Å². The number of sulfone groups is 1. The first-order valence-corrected chi connectivity index (χ1v) is 5.99. The average Bonchev–Trinajstić information content (AvgIpc) is 2.08. The third-order valence-corrected chi connectivity index (χ3v) is 3.62. The zero-order chi connectivity index (χ0) is 9.73. The number of carbonyl (C=O) groups excluding carboxylic acids is 1. The summed E-state index contributed by atoms with van der Waals surface area (Å²) >= 11 is 0. The highest BCUT2D eigenvalue weighted by Gasteiger charge is 2.20. The van der Waals surface area contributed by atoms with Crippen molar-refractivity contribution in [1.29, 1.82) is 0 Å². The number of aldehydes is 1. The van der Waals surface area contributed by atoms with E-state index in [1.807, 2.05) is 4.90 Å². The van der Waals surface area contributed by atoms with Crippen LogP contribution in [-0.4, -0.2) is 50.7 Å². The van der Waals surface area contributed by atoms with Gasteiger partial charge in [0.1, 0.15) is 6.29 Å². The summed E-state index contributed by atoms with van der Waals surface area (Å²) in [5.74, 6) is 0.476. The van der Waals surface area contributed by atoms with Gasteiger partial charge in [-0.1, -0.05) is 6.08 Å². The molecule has 0 aromatic heterocycles. The first-order chi connectivity index (χ1) is 6.14. The molecule has 5 heteroatoms. The molecule has 0 radical (unpaired) electrons. The van der Waals surface area contributed by atoms with Crippen molar-refractivity contribution >= 4 is 16.1 Å². The molecule has 1 heterocycles. The number of hydrogen-bond donors (Lipinski definition) is 0. The summed E-state index contributed by atoms with van der Waals surface area (Å²) in [4.78, 5) is 12.0. The maximum Gasteiger partial charge on any atom is 0.152 e. The molecule has 0 amide bonds. The Kier molecular flexibility index (Phi) is 3.62. The molecule has 0 unspecified atom stereocenters. The monoisotopic (exact) mass is 203 g/mol. The summed E-state index contributed by atoms with van der Waals surface area (Å²) < 4.78 is 22.1. The van der Waals surface area contributed by atoms with E-state index in [-0.39, 0.29) is 11.5 Å². The van der Waals surface area contributed by atoms with Crippen LogP contribution < -0.4 is 0 Å². The van der Waals surface area contributed by atoms with Crippen molar-refractivity contribution in [2.75, 3.05) is 31.1 Å².